The third-order valence-corrected chi connectivity index (χ3v) is 3.50. The summed E-state index contributed by atoms with van der Waals surface area (Å²) in [6.45, 7) is 3.69. The quantitative estimate of drug-likeness (QED) is 0.873. The van der Waals surface area contributed by atoms with Gasteiger partial charge in [-0.2, -0.15) is 0 Å². The molecule has 1 aromatic rings. The molecule has 0 bridgehead atoms. The first-order valence-electron chi connectivity index (χ1n) is 6.54. The lowest BCUT2D eigenvalue weighted by molar-refractivity contribution is -0.137. The van der Waals surface area contributed by atoms with Crippen molar-refractivity contribution in [1.82, 2.24) is 5.32 Å². The largest absolute Gasteiger partial charge is 0.481 e. The molecule has 0 amide bonds. The zero-order valence-corrected chi connectivity index (χ0v) is 11.0. The Morgan fingerprint density at radius 2 is 2.11 bits per heavy atom. The van der Waals surface area contributed by atoms with Gasteiger partial charge < -0.3 is 15.3 Å². The highest BCUT2D eigenvalue weighted by atomic mass is 19.1. The highest BCUT2D eigenvalue weighted by Crippen LogP contribution is 2.24. The molecule has 2 unspecified atom stereocenters. The molecular weight excluding hydrogens is 247 g/mol. The van der Waals surface area contributed by atoms with Gasteiger partial charge in [0.2, 0.25) is 0 Å². The minimum Gasteiger partial charge on any atom is -0.481 e. The van der Waals surface area contributed by atoms with Crippen molar-refractivity contribution in [3.63, 3.8) is 0 Å². The summed E-state index contributed by atoms with van der Waals surface area (Å²) in [6.07, 6.45) is 0.737. The van der Waals surface area contributed by atoms with Crippen molar-refractivity contribution in [2.45, 2.75) is 31.8 Å². The molecule has 1 aliphatic heterocycles. The molecule has 0 spiro atoms. The van der Waals surface area contributed by atoms with Crippen molar-refractivity contribution >= 4 is 11.7 Å². The van der Waals surface area contributed by atoms with Crippen LogP contribution in [0.1, 0.15) is 19.8 Å². The van der Waals surface area contributed by atoms with Crippen molar-refractivity contribution in [3.05, 3.63) is 30.1 Å². The van der Waals surface area contributed by atoms with Crippen LogP contribution >= 0.6 is 0 Å². The normalized spacial score (nSPS) is 23.4. The summed E-state index contributed by atoms with van der Waals surface area (Å²) in [5.41, 5.74) is 0.950. The first-order chi connectivity index (χ1) is 9.08. The number of carbonyl (C=O) groups is 1. The molecule has 1 aromatic carbocycles. The van der Waals surface area contributed by atoms with E-state index in [9.17, 15) is 9.18 Å². The first-order valence-corrected chi connectivity index (χ1v) is 6.54. The zero-order chi connectivity index (χ0) is 13.8. The highest BCUT2D eigenvalue weighted by Gasteiger charge is 2.28. The van der Waals surface area contributed by atoms with Crippen LogP contribution in [0.5, 0.6) is 0 Å². The van der Waals surface area contributed by atoms with E-state index in [4.69, 9.17) is 5.11 Å². The molecule has 0 radical (unpaired) electrons. The van der Waals surface area contributed by atoms with E-state index < -0.39 is 5.97 Å². The van der Waals surface area contributed by atoms with Gasteiger partial charge in [0, 0.05) is 37.3 Å². The molecule has 0 aromatic heterocycles. The molecule has 2 rings (SSSR count). The predicted octanol–water partition coefficient (Wildman–Crippen LogP) is 1.86. The van der Waals surface area contributed by atoms with Crippen LogP contribution < -0.4 is 10.2 Å². The number of nitrogens with one attached hydrogen (secondary N) is 1. The molecule has 1 saturated heterocycles. The van der Waals surface area contributed by atoms with E-state index >= 15 is 0 Å². The number of carboxylic acid groups (broad SMARTS) is 1. The lowest BCUT2D eigenvalue weighted by Crippen LogP contribution is -2.56. The van der Waals surface area contributed by atoms with Crippen LogP contribution in [0, 0.1) is 5.82 Å². The lowest BCUT2D eigenvalue weighted by Gasteiger charge is -2.43. The van der Waals surface area contributed by atoms with Gasteiger partial charge in [0.25, 0.3) is 0 Å². The predicted molar refractivity (Wildman–Crippen MR) is 71.9 cm³/mol. The summed E-state index contributed by atoms with van der Waals surface area (Å²) in [4.78, 5) is 12.9. The monoisotopic (exact) mass is 266 g/mol. The number of hydrogen-bond donors (Lipinski definition) is 2. The second-order valence-corrected chi connectivity index (χ2v) is 4.98. The molecule has 0 aliphatic carbocycles. The van der Waals surface area contributed by atoms with Gasteiger partial charge in [-0.1, -0.05) is 0 Å². The topological polar surface area (TPSA) is 52.6 Å². The van der Waals surface area contributed by atoms with Gasteiger partial charge in [0.1, 0.15) is 5.82 Å². The number of carboxylic acids is 1. The number of anilines is 1. The third-order valence-electron chi connectivity index (χ3n) is 3.50. The molecule has 19 heavy (non-hydrogen) atoms. The van der Waals surface area contributed by atoms with Crippen LogP contribution in [0.15, 0.2) is 24.3 Å². The molecule has 4 nitrogen and oxygen atoms in total. The summed E-state index contributed by atoms with van der Waals surface area (Å²) in [7, 11) is 0. The molecule has 1 heterocycles. The maximum Gasteiger partial charge on any atom is 0.303 e. The SMILES string of the molecule is CC1CNCC(CCC(=O)O)N1c1ccc(F)cc1. The van der Waals surface area contributed by atoms with Gasteiger partial charge in [-0.05, 0) is 37.6 Å². The van der Waals surface area contributed by atoms with E-state index in [1.54, 1.807) is 12.1 Å². The molecular formula is C14H19FN2O2. The van der Waals surface area contributed by atoms with Crippen molar-refractivity contribution in [2.24, 2.45) is 0 Å². The first kappa shape index (κ1) is 13.8. The number of piperazine rings is 1. The van der Waals surface area contributed by atoms with Crippen LogP contribution in [-0.4, -0.2) is 36.2 Å². The van der Waals surface area contributed by atoms with Crippen molar-refractivity contribution < 1.29 is 14.3 Å². The van der Waals surface area contributed by atoms with E-state index in [1.165, 1.54) is 12.1 Å². The van der Waals surface area contributed by atoms with Crippen LogP contribution in [0.25, 0.3) is 0 Å². The maximum atomic E-state index is 13.0. The summed E-state index contributed by atoms with van der Waals surface area (Å²) < 4.78 is 13.0. The van der Waals surface area contributed by atoms with Gasteiger partial charge in [-0.15, -0.1) is 0 Å². The molecule has 0 saturated carbocycles. The smallest absolute Gasteiger partial charge is 0.303 e. The Morgan fingerprint density at radius 3 is 2.74 bits per heavy atom. The Bertz CT molecular complexity index is 436. The summed E-state index contributed by atoms with van der Waals surface area (Å²) >= 11 is 0. The van der Waals surface area contributed by atoms with Gasteiger partial charge in [0.05, 0.1) is 0 Å². The molecule has 1 aliphatic rings. The van der Waals surface area contributed by atoms with Gasteiger partial charge >= 0.3 is 5.97 Å². The minimum atomic E-state index is -0.780. The number of benzene rings is 1. The molecule has 1 fully saturated rings. The summed E-state index contributed by atoms with van der Waals surface area (Å²) in [5, 5.41) is 12.1. The van der Waals surface area contributed by atoms with Gasteiger partial charge in [-0.25, -0.2) is 4.39 Å². The number of nitrogens with zero attached hydrogens (tertiary/aromatic N) is 1. The Kier molecular flexibility index (Phi) is 4.37. The second-order valence-electron chi connectivity index (χ2n) is 4.98. The standard InChI is InChI=1S/C14H19FN2O2/c1-10-8-16-9-13(6-7-14(18)19)17(10)12-4-2-11(15)3-5-12/h2-5,10,13,16H,6-9H2,1H3,(H,18,19). The summed E-state index contributed by atoms with van der Waals surface area (Å²) in [5.74, 6) is -1.04. The van der Waals surface area contributed by atoms with Crippen LogP contribution in [0.3, 0.4) is 0 Å². The number of halogens is 1. The van der Waals surface area contributed by atoms with Crippen LogP contribution in [0.2, 0.25) is 0 Å². The fourth-order valence-electron chi connectivity index (χ4n) is 2.63. The van der Waals surface area contributed by atoms with Gasteiger partial charge in [0.15, 0.2) is 0 Å². The second kappa shape index (κ2) is 6.02. The molecule has 5 heteroatoms. The zero-order valence-electron chi connectivity index (χ0n) is 11.0. The third kappa shape index (κ3) is 3.44. The Balaban J connectivity index is 2.15. The average Bonchev–Trinajstić information content (AvgIpc) is 2.38. The number of rotatable bonds is 4. The van der Waals surface area contributed by atoms with Crippen molar-refractivity contribution in [3.8, 4) is 0 Å². The number of hydrogen-bond acceptors (Lipinski definition) is 3. The van der Waals surface area contributed by atoms with Gasteiger partial charge in [-0.3, -0.25) is 4.79 Å². The van der Waals surface area contributed by atoms with E-state index in [0.29, 0.717) is 6.42 Å². The Labute approximate surface area is 112 Å². The fraction of sp³-hybridized carbons (Fsp3) is 0.500. The van der Waals surface area contributed by atoms with Crippen LogP contribution in [0.4, 0.5) is 10.1 Å². The molecule has 2 N–H and O–H groups in total. The Morgan fingerprint density at radius 1 is 1.42 bits per heavy atom. The average molecular weight is 266 g/mol. The maximum absolute atomic E-state index is 13.0. The molecule has 2 atom stereocenters. The summed E-state index contributed by atoms with van der Waals surface area (Å²) in [6, 6.07) is 6.79. The highest BCUT2D eigenvalue weighted by molar-refractivity contribution is 5.66. The van der Waals surface area contributed by atoms with E-state index in [1.807, 2.05) is 0 Å². The van der Waals surface area contributed by atoms with E-state index in [2.05, 4.69) is 17.1 Å². The fourth-order valence-corrected chi connectivity index (χ4v) is 2.63. The Hall–Kier alpha value is -1.62. The van der Waals surface area contributed by atoms with Crippen LogP contribution in [-0.2, 0) is 4.79 Å². The van der Waals surface area contributed by atoms with Crippen molar-refractivity contribution in [1.29, 1.82) is 0 Å². The number of aliphatic carboxylic acids is 1. The van der Waals surface area contributed by atoms with Crippen molar-refractivity contribution in [2.75, 3.05) is 18.0 Å². The minimum absolute atomic E-state index is 0.130. The molecule has 104 valence electrons. The van der Waals surface area contributed by atoms with E-state index in [-0.39, 0.29) is 24.3 Å². The lowest BCUT2D eigenvalue weighted by atomic mass is 10.0. The van der Waals surface area contributed by atoms with E-state index in [0.717, 1.165) is 18.8 Å².